The van der Waals surface area contributed by atoms with Crippen molar-refractivity contribution in [3.8, 4) is 16.8 Å². The van der Waals surface area contributed by atoms with Crippen LogP contribution < -0.4 is 4.90 Å². The van der Waals surface area contributed by atoms with Crippen LogP contribution in [0.2, 0.25) is 0 Å². The molecular weight excluding hydrogens is 661 g/mol. The average Bonchev–Trinajstić information content (AvgIpc) is 3.75. The molecule has 2 nitrogen and oxygen atoms in total. The van der Waals surface area contributed by atoms with Gasteiger partial charge in [-0.2, -0.15) is 0 Å². The molecule has 9 aromatic carbocycles. The third kappa shape index (κ3) is 4.86. The average molecular weight is 693 g/mol. The van der Waals surface area contributed by atoms with Crippen molar-refractivity contribution in [2.75, 3.05) is 4.90 Å². The summed E-state index contributed by atoms with van der Waals surface area (Å²) in [5.41, 5.74) is 9.30. The molecule has 0 bridgehead atoms. The third-order valence-corrected chi connectivity index (χ3v) is 11.8. The number of fused-ring (bicyclic) bond motifs is 9. The third-order valence-electron chi connectivity index (χ3n) is 10.7. The van der Waals surface area contributed by atoms with Crippen molar-refractivity contribution < 1.29 is 0 Å². The highest BCUT2D eigenvalue weighted by atomic mass is 32.1. The van der Waals surface area contributed by atoms with Gasteiger partial charge in [0.15, 0.2) is 0 Å². The largest absolute Gasteiger partial charge is 0.310 e. The number of nitrogens with zero attached hydrogens (tertiary/aromatic N) is 2. The maximum absolute atomic E-state index is 2.45. The lowest BCUT2D eigenvalue weighted by atomic mass is 10.0. The van der Waals surface area contributed by atoms with Gasteiger partial charge in [-0.15, -0.1) is 11.3 Å². The molecule has 0 aliphatic heterocycles. The van der Waals surface area contributed by atoms with Crippen molar-refractivity contribution in [1.29, 1.82) is 0 Å². The van der Waals surface area contributed by atoms with Crippen LogP contribution in [0.25, 0.3) is 80.3 Å². The number of aromatic nitrogens is 1. The van der Waals surface area contributed by atoms with Crippen LogP contribution in [0, 0.1) is 0 Å². The summed E-state index contributed by atoms with van der Waals surface area (Å²) in [5.74, 6) is 0. The summed E-state index contributed by atoms with van der Waals surface area (Å²) in [4.78, 5) is 2.40. The molecule has 11 aromatic rings. The minimum atomic E-state index is 1.11. The second kappa shape index (κ2) is 11.9. The van der Waals surface area contributed by atoms with Gasteiger partial charge in [0.05, 0.1) is 11.0 Å². The van der Waals surface area contributed by atoms with E-state index in [1.54, 1.807) is 0 Å². The first kappa shape index (κ1) is 30.0. The second-order valence-corrected chi connectivity index (χ2v) is 14.9. The molecule has 53 heavy (non-hydrogen) atoms. The van der Waals surface area contributed by atoms with Crippen LogP contribution in [0.1, 0.15) is 0 Å². The van der Waals surface area contributed by atoms with E-state index in [2.05, 4.69) is 204 Å². The van der Waals surface area contributed by atoms with Gasteiger partial charge in [-0.1, -0.05) is 127 Å². The molecule has 0 aliphatic carbocycles. The molecule has 0 spiro atoms. The molecule has 0 aliphatic rings. The van der Waals surface area contributed by atoms with Crippen LogP contribution in [0.5, 0.6) is 0 Å². The zero-order valence-electron chi connectivity index (χ0n) is 28.8. The van der Waals surface area contributed by atoms with E-state index in [-0.39, 0.29) is 0 Å². The van der Waals surface area contributed by atoms with Gasteiger partial charge in [0, 0.05) is 53.7 Å². The Balaban J connectivity index is 1.15. The van der Waals surface area contributed by atoms with Crippen molar-refractivity contribution in [3.63, 3.8) is 0 Å². The Bertz CT molecular complexity index is 3170. The van der Waals surface area contributed by atoms with Gasteiger partial charge in [-0.05, 0) is 99.4 Å². The Morgan fingerprint density at radius 2 is 1.02 bits per heavy atom. The molecule has 0 saturated carbocycles. The van der Waals surface area contributed by atoms with E-state index < -0.39 is 0 Å². The fourth-order valence-corrected chi connectivity index (χ4v) is 9.42. The molecule has 248 valence electrons. The highest BCUT2D eigenvalue weighted by Gasteiger charge is 2.20. The minimum absolute atomic E-state index is 1.11. The van der Waals surface area contributed by atoms with Gasteiger partial charge in [0.25, 0.3) is 0 Å². The van der Waals surface area contributed by atoms with Crippen LogP contribution >= 0.6 is 11.3 Å². The number of benzene rings is 9. The van der Waals surface area contributed by atoms with Gasteiger partial charge in [0.1, 0.15) is 0 Å². The van der Waals surface area contributed by atoms with Crippen molar-refractivity contribution in [3.05, 3.63) is 194 Å². The number of anilines is 3. The Morgan fingerprint density at radius 3 is 1.85 bits per heavy atom. The SMILES string of the molecule is c1ccc(-c2cccc(-n3c4cc(N(c5ccccc5)c5ccc6c(c5)sc5ccc7ccccc7c56)ccc4c4cc5ccccc5cc43)c2)cc1. The number of hydrogen-bond acceptors (Lipinski definition) is 2. The van der Waals surface area contributed by atoms with E-state index in [0.717, 1.165) is 22.7 Å². The van der Waals surface area contributed by atoms with Crippen LogP contribution in [0.3, 0.4) is 0 Å². The monoisotopic (exact) mass is 692 g/mol. The Kier molecular flexibility index (Phi) is 6.76. The van der Waals surface area contributed by atoms with Gasteiger partial charge in [-0.25, -0.2) is 0 Å². The predicted molar refractivity (Wildman–Crippen MR) is 229 cm³/mol. The molecule has 3 heteroatoms. The Morgan fingerprint density at radius 1 is 0.358 bits per heavy atom. The molecule has 0 fully saturated rings. The first-order valence-corrected chi connectivity index (χ1v) is 18.9. The number of rotatable bonds is 5. The van der Waals surface area contributed by atoms with Crippen molar-refractivity contribution in [2.45, 2.75) is 0 Å². The summed E-state index contributed by atoms with van der Waals surface area (Å²) in [6.45, 7) is 0. The summed E-state index contributed by atoms with van der Waals surface area (Å²) in [5, 5.41) is 10.2. The fraction of sp³-hybridized carbons (Fsp3) is 0. The van der Waals surface area contributed by atoms with E-state index in [9.17, 15) is 0 Å². The first-order chi connectivity index (χ1) is 26.3. The molecule has 0 unspecified atom stereocenters. The van der Waals surface area contributed by atoms with Crippen LogP contribution in [0.15, 0.2) is 194 Å². The predicted octanol–water partition coefficient (Wildman–Crippen LogP) is 14.6. The van der Waals surface area contributed by atoms with Crippen molar-refractivity contribution in [2.24, 2.45) is 0 Å². The van der Waals surface area contributed by atoms with Gasteiger partial charge >= 0.3 is 0 Å². The van der Waals surface area contributed by atoms with Gasteiger partial charge in [0.2, 0.25) is 0 Å². The lowest BCUT2D eigenvalue weighted by Gasteiger charge is -2.26. The standard InChI is InChI=1S/C50H32N2S/c1-3-12-33(13-4-1)35-17-11-20-39(28-35)52-46-30-37-16-8-7-15-36(37)29-45(46)43-25-23-40(31-47(43)52)51(38-18-5-2-6-19-38)41-24-26-44-49(32-41)53-48-27-22-34-14-9-10-21-42(34)50(44)48/h1-32H. The van der Waals surface area contributed by atoms with E-state index in [0.29, 0.717) is 0 Å². The molecule has 0 amide bonds. The molecule has 0 atom stereocenters. The summed E-state index contributed by atoms with van der Waals surface area (Å²) < 4.78 is 5.06. The maximum Gasteiger partial charge on any atom is 0.0561 e. The van der Waals surface area contributed by atoms with Gasteiger partial charge in [-0.3, -0.25) is 0 Å². The summed E-state index contributed by atoms with van der Waals surface area (Å²) in [7, 11) is 0. The zero-order valence-corrected chi connectivity index (χ0v) is 29.6. The summed E-state index contributed by atoms with van der Waals surface area (Å²) >= 11 is 1.87. The zero-order chi connectivity index (χ0) is 34.9. The number of thiophene rings is 1. The maximum atomic E-state index is 2.45. The Hall–Kier alpha value is -6.68. The first-order valence-electron chi connectivity index (χ1n) is 18.1. The lowest BCUT2D eigenvalue weighted by molar-refractivity contribution is 1.18. The van der Waals surface area contributed by atoms with Crippen LogP contribution in [-0.4, -0.2) is 4.57 Å². The van der Waals surface area contributed by atoms with Crippen molar-refractivity contribution in [1.82, 2.24) is 4.57 Å². The highest BCUT2D eigenvalue weighted by molar-refractivity contribution is 7.26. The smallest absolute Gasteiger partial charge is 0.0561 e. The second-order valence-electron chi connectivity index (χ2n) is 13.8. The van der Waals surface area contributed by atoms with E-state index in [1.807, 2.05) is 11.3 Å². The van der Waals surface area contributed by atoms with Crippen LogP contribution in [-0.2, 0) is 0 Å². The van der Waals surface area contributed by atoms with E-state index in [1.165, 1.54) is 74.6 Å². The summed E-state index contributed by atoms with van der Waals surface area (Å²) in [6, 6.07) is 71.0. The number of para-hydroxylation sites is 1. The molecule has 2 heterocycles. The number of hydrogen-bond donors (Lipinski definition) is 0. The van der Waals surface area contributed by atoms with Crippen molar-refractivity contribution >= 4 is 91.9 Å². The normalized spacial score (nSPS) is 11.8. The highest BCUT2D eigenvalue weighted by Crippen LogP contribution is 2.44. The topological polar surface area (TPSA) is 8.17 Å². The minimum Gasteiger partial charge on any atom is -0.310 e. The fourth-order valence-electron chi connectivity index (χ4n) is 8.26. The molecular formula is C50H32N2S. The van der Waals surface area contributed by atoms with Crippen LogP contribution in [0.4, 0.5) is 17.1 Å². The molecule has 2 aromatic heterocycles. The van der Waals surface area contributed by atoms with E-state index in [4.69, 9.17) is 0 Å². The molecule has 0 radical (unpaired) electrons. The van der Waals surface area contributed by atoms with Gasteiger partial charge < -0.3 is 9.47 Å². The lowest BCUT2D eigenvalue weighted by Crippen LogP contribution is -2.09. The molecule has 11 rings (SSSR count). The molecule has 0 saturated heterocycles. The molecule has 0 N–H and O–H groups in total. The summed E-state index contributed by atoms with van der Waals surface area (Å²) in [6.07, 6.45) is 0. The Labute approximate surface area is 311 Å². The quantitative estimate of drug-likeness (QED) is 0.174. The van der Waals surface area contributed by atoms with E-state index >= 15 is 0 Å².